The summed E-state index contributed by atoms with van der Waals surface area (Å²) in [6, 6.07) is 12.9. The van der Waals surface area contributed by atoms with Crippen LogP contribution in [0.15, 0.2) is 53.5 Å². The van der Waals surface area contributed by atoms with Gasteiger partial charge >= 0.3 is 0 Å². The van der Waals surface area contributed by atoms with E-state index < -0.39 is 0 Å². The van der Waals surface area contributed by atoms with Crippen molar-refractivity contribution in [2.75, 3.05) is 7.11 Å². The van der Waals surface area contributed by atoms with Crippen LogP contribution in [0.3, 0.4) is 0 Å². The quantitative estimate of drug-likeness (QED) is 0.613. The number of halogens is 1. The van der Waals surface area contributed by atoms with E-state index >= 15 is 0 Å². The number of para-hydroxylation sites is 1. The highest BCUT2D eigenvalue weighted by Crippen LogP contribution is 2.33. The van der Waals surface area contributed by atoms with Gasteiger partial charge in [0.2, 0.25) is 0 Å². The number of pyridine rings is 1. The van der Waals surface area contributed by atoms with Crippen LogP contribution in [-0.2, 0) is 0 Å². The van der Waals surface area contributed by atoms with E-state index in [9.17, 15) is 4.79 Å². The van der Waals surface area contributed by atoms with Crippen molar-refractivity contribution >= 4 is 33.4 Å². The molecule has 0 unspecified atom stereocenters. The third-order valence-corrected chi connectivity index (χ3v) is 4.14. The van der Waals surface area contributed by atoms with Crippen molar-refractivity contribution in [1.82, 2.24) is 14.8 Å². The second kappa shape index (κ2) is 5.14. The summed E-state index contributed by atoms with van der Waals surface area (Å²) in [7, 11) is 1.58. The number of nitrogens with one attached hydrogen (secondary N) is 1. The summed E-state index contributed by atoms with van der Waals surface area (Å²) in [5.41, 5.74) is 1.85. The van der Waals surface area contributed by atoms with Gasteiger partial charge in [-0.3, -0.25) is 14.9 Å². The van der Waals surface area contributed by atoms with Gasteiger partial charge in [-0.25, -0.2) is 4.68 Å². The van der Waals surface area contributed by atoms with Crippen LogP contribution < -0.4 is 10.3 Å². The number of nitrogens with zero attached hydrogens (tertiary/aromatic N) is 2. The van der Waals surface area contributed by atoms with Crippen LogP contribution in [0, 0.1) is 0 Å². The maximum Gasteiger partial charge on any atom is 0.280 e. The third-order valence-electron chi connectivity index (χ3n) is 3.82. The Morgan fingerprint density at radius 2 is 1.96 bits per heavy atom. The van der Waals surface area contributed by atoms with Crippen LogP contribution in [-0.4, -0.2) is 21.9 Å². The fourth-order valence-corrected chi connectivity index (χ4v) is 2.97. The predicted octanol–water partition coefficient (Wildman–Crippen LogP) is 3.53. The van der Waals surface area contributed by atoms with Gasteiger partial charge in [0.1, 0.15) is 11.3 Å². The molecule has 0 spiro atoms. The average Bonchev–Trinajstić information content (AvgIpc) is 2.93. The first-order chi connectivity index (χ1) is 11.2. The summed E-state index contributed by atoms with van der Waals surface area (Å²) in [5, 5.41) is 4.81. The number of aromatic nitrogens is 3. The van der Waals surface area contributed by atoms with Gasteiger partial charge in [-0.15, -0.1) is 0 Å². The van der Waals surface area contributed by atoms with Crippen molar-refractivity contribution in [1.29, 1.82) is 0 Å². The molecular weight excluding hydrogens is 314 g/mol. The molecule has 6 heteroatoms. The van der Waals surface area contributed by atoms with Gasteiger partial charge in [-0.1, -0.05) is 29.8 Å². The zero-order valence-corrected chi connectivity index (χ0v) is 13.0. The Labute approximate surface area is 136 Å². The Morgan fingerprint density at radius 3 is 2.70 bits per heavy atom. The van der Waals surface area contributed by atoms with Crippen LogP contribution in [0.5, 0.6) is 5.75 Å². The molecule has 2 aromatic heterocycles. The van der Waals surface area contributed by atoms with Crippen LogP contribution in [0.25, 0.3) is 27.5 Å². The number of hydrogen-bond acceptors (Lipinski definition) is 3. The second-order valence-corrected chi connectivity index (χ2v) is 5.52. The van der Waals surface area contributed by atoms with Crippen LogP contribution in [0.2, 0.25) is 5.02 Å². The second-order valence-electron chi connectivity index (χ2n) is 5.11. The Kier molecular flexibility index (Phi) is 3.09. The van der Waals surface area contributed by atoms with Crippen LogP contribution in [0.4, 0.5) is 0 Å². The van der Waals surface area contributed by atoms with Crippen molar-refractivity contribution in [2.45, 2.75) is 0 Å². The van der Waals surface area contributed by atoms with Gasteiger partial charge < -0.3 is 4.74 Å². The number of H-pyrrole nitrogens is 1. The molecule has 0 fully saturated rings. The molecule has 0 bridgehead atoms. The number of methoxy groups -OCH3 is 1. The summed E-state index contributed by atoms with van der Waals surface area (Å²) in [6.07, 6.45) is 1.55. The first-order valence-electron chi connectivity index (χ1n) is 7.02. The number of aromatic amines is 1. The Morgan fingerprint density at radius 1 is 1.17 bits per heavy atom. The maximum atomic E-state index is 12.7. The van der Waals surface area contributed by atoms with E-state index in [-0.39, 0.29) is 5.56 Å². The molecule has 0 radical (unpaired) electrons. The fourth-order valence-electron chi connectivity index (χ4n) is 2.73. The van der Waals surface area contributed by atoms with E-state index in [1.54, 1.807) is 25.4 Å². The van der Waals surface area contributed by atoms with E-state index in [0.717, 1.165) is 5.69 Å². The summed E-state index contributed by atoms with van der Waals surface area (Å²) in [5.74, 6) is 0.611. The number of ether oxygens (including phenoxy) is 1. The monoisotopic (exact) mass is 325 g/mol. The predicted molar refractivity (Wildman–Crippen MR) is 90.8 cm³/mol. The Balaban J connectivity index is 2.14. The molecule has 23 heavy (non-hydrogen) atoms. The topological polar surface area (TPSA) is 59.9 Å². The van der Waals surface area contributed by atoms with Gasteiger partial charge in [0.15, 0.2) is 0 Å². The molecular formula is C17H12ClN3O2. The molecule has 5 nitrogen and oxygen atoms in total. The smallest absolute Gasteiger partial charge is 0.280 e. The lowest BCUT2D eigenvalue weighted by atomic mass is 10.1. The fraction of sp³-hybridized carbons (Fsp3) is 0.0588. The van der Waals surface area contributed by atoms with Crippen molar-refractivity contribution in [2.24, 2.45) is 0 Å². The van der Waals surface area contributed by atoms with Crippen molar-refractivity contribution in [3.8, 4) is 11.4 Å². The molecule has 0 aliphatic rings. The average molecular weight is 326 g/mol. The summed E-state index contributed by atoms with van der Waals surface area (Å²) in [4.78, 5) is 17.0. The van der Waals surface area contributed by atoms with Crippen LogP contribution >= 0.6 is 11.6 Å². The molecule has 0 aliphatic carbocycles. The van der Waals surface area contributed by atoms with E-state index in [2.05, 4.69) is 10.1 Å². The number of rotatable bonds is 2. The molecule has 4 rings (SSSR count). The third kappa shape index (κ3) is 2.01. The van der Waals surface area contributed by atoms with Crippen molar-refractivity contribution in [3.63, 3.8) is 0 Å². The highest BCUT2D eigenvalue weighted by atomic mass is 35.5. The Hall–Kier alpha value is -2.79. The molecule has 2 heterocycles. The van der Waals surface area contributed by atoms with E-state index in [0.29, 0.717) is 32.6 Å². The number of benzene rings is 2. The molecule has 0 atom stereocenters. The largest absolute Gasteiger partial charge is 0.494 e. The lowest BCUT2D eigenvalue weighted by Gasteiger charge is -2.06. The molecule has 1 N–H and O–H groups in total. The number of fused-ring (bicyclic) bond motifs is 3. The minimum absolute atomic E-state index is 0.167. The first kappa shape index (κ1) is 13.8. The molecule has 4 aromatic rings. The minimum atomic E-state index is -0.167. The molecule has 0 saturated heterocycles. The van der Waals surface area contributed by atoms with Gasteiger partial charge in [0.05, 0.1) is 28.7 Å². The SMILES string of the molecule is COc1ccc(Cl)c2c1ncc1c(=O)n(-c3ccccc3)[nH]c12. The lowest BCUT2D eigenvalue weighted by molar-refractivity contribution is 0.419. The first-order valence-corrected chi connectivity index (χ1v) is 7.40. The minimum Gasteiger partial charge on any atom is -0.494 e. The van der Waals surface area contributed by atoms with Gasteiger partial charge in [0.25, 0.3) is 5.56 Å². The summed E-state index contributed by atoms with van der Waals surface area (Å²) >= 11 is 6.35. The van der Waals surface area contributed by atoms with Gasteiger partial charge in [-0.2, -0.15) is 0 Å². The van der Waals surface area contributed by atoms with E-state index in [1.165, 1.54) is 4.68 Å². The van der Waals surface area contributed by atoms with E-state index in [1.807, 2.05) is 30.3 Å². The molecule has 2 aromatic carbocycles. The van der Waals surface area contributed by atoms with Gasteiger partial charge in [0, 0.05) is 11.6 Å². The molecule has 0 aliphatic heterocycles. The summed E-state index contributed by atoms with van der Waals surface area (Å²) in [6.45, 7) is 0. The molecule has 0 saturated carbocycles. The van der Waals surface area contributed by atoms with Gasteiger partial charge in [-0.05, 0) is 24.3 Å². The standard InChI is InChI=1S/C17H12ClN3O2/c1-23-13-8-7-12(18)14-15-11(9-19-16(13)14)17(22)21(20-15)10-5-3-2-4-6-10/h2-9,20H,1H3. The zero-order valence-electron chi connectivity index (χ0n) is 12.2. The highest BCUT2D eigenvalue weighted by Gasteiger charge is 2.16. The Bertz CT molecular complexity index is 1080. The molecule has 114 valence electrons. The lowest BCUT2D eigenvalue weighted by Crippen LogP contribution is -2.13. The highest BCUT2D eigenvalue weighted by molar-refractivity contribution is 6.37. The zero-order chi connectivity index (χ0) is 16.0. The van der Waals surface area contributed by atoms with Crippen LogP contribution in [0.1, 0.15) is 0 Å². The summed E-state index contributed by atoms with van der Waals surface area (Å²) < 4.78 is 6.82. The maximum absolute atomic E-state index is 12.7. The van der Waals surface area contributed by atoms with Crippen molar-refractivity contribution in [3.05, 3.63) is 64.0 Å². The number of hydrogen-bond donors (Lipinski definition) is 1. The van der Waals surface area contributed by atoms with E-state index in [4.69, 9.17) is 16.3 Å². The van der Waals surface area contributed by atoms with Crippen molar-refractivity contribution < 1.29 is 4.74 Å². The normalized spacial score (nSPS) is 11.2. The molecule has 0 amide bonds.